The van der Waals surface area contributed by atoms with Crippen LogP contribution in [0.1, 0.15) is 66.9 Å². The van der Waals surface area contributed by atoms with Gasteiger partial charge >= 0.3 is 12.4 Å². The number of alkyl halides is 6. The third kappa shape index (κ3) is 5.85. The van der Waals surface area contributed by atoms with Crippen molar-refractivity contribution in [2.24, 2.45) is 11.8 Å². The number of hydrogen-bond acceptors (Lipinski definition) is 3. The van der Waals surface area contributed by atoms with Gasteiger partial charge in [-0.05, 0) is 79.5 Å². The summed E-state index contributed by atoms with van der Waals surface area (Å²) in [5.41, 5.74) is -1.18. The average molecular weight is 556 g/mol. The summed E-state index contributed by atoms with van der Waals surface area (Å²) in [6.45, 7) is 2.85. The van der Waals surface area contributed by atoms with Crippen LogP contribution in [-0.4, -0.2) is 29.9 Å². The van der Waals surface area contributed by atoms with Crippen molar-refractivity contribution in [3.63, 3.8) is 0 Å². The lowest BCUT2D eigenvalue weighted by molar-refractivity contribution is -0.143. The number of ketones is 1. The maximum Gasteiger partial charge on any atom is 0.416 e. The molecule has 10 heteroatoms. The fourth-order valence-electron chi connectivity index (χ4n) is 6.36. The molecule has 5 rings (SSSR count). The number of likely N-dealkylation sites (tertiary alicyclic amines) is 1. The molecular weight excluding hydrogens is 527 g/mol. The van der Waals surface area contributed by atoms with Crippen LogP contribution in [0.3, 0.4) is 0 Å². The topological polar surface area (TPSA) is 29.5 Å². The van der Waals surface area contributed by atoms with E-state index in [0.29, 0.717) is 37.9 Å². The lowest BCUT2D eigenvalue weighted by atomic mass is 9.69. The van der Waals surface area contributed by atoms with Gasteiger partial charge in [-0.15, -0.1) is 0 Å². The molecule has 1 unspecified atom stereocenters. The highest BCUT2D eigenvalue weighted by atomic mass is 19.4. The van der Waals surface area contributed by atoms with Crippen LogP contribution in [0.5, 0.6) is 0 Å². The number of hydrogen-bond donors (Lipinski definition) is 0. The van der Waals surface area contributed by atoms with Crippen molar-refractivity contribution in [2.45, 2.75) is 63.1 Å². The van der Waals surface area contributed by atoms with Gasteiger partial charge in [-0.1, -0.05) is 12.1 Å². The second kappa shape index (κ2) is 10.3. The van der Waals surface area contributed by atoms with E-state index in [9.17, 15) is 35.5 Å². The van der Waals surface area contributed by atoms with Crippen molar-refractivity contribution in [1.82, 2.24) is 4.90 Å². The fourth-order valence-corrected chi connectivity index (χ4v) is 6.36. The van der Waals surface area contributed by atoms with Crippen molar-refractivity contribution in [3.8, 4) is 0 Å². The Hall–Kier alpha value is -2.88. The molecule has 1 heterocycles. The van der Waals surface area contributed by atoms with Crippen LogP contribution >= 0.6 is 0 Å². The van der Waals surface area contributed by atoms with E-state index < -0.39 is 41.5 Å². The number of rotatable bonds is 5. The highest BCUT2D eigenvalue weighted by molar-refractivity contribution is 5.92. The highest BCUT2D eigenvalue weighted by Crippen LogP contribution is 2.49. The van der Waals surface area contributed by atoms with Crippen molar-refractivity contribution >= 4 is 5.78 Å². The van der Waals surface area contributed by atoms with Crippen LogP contribution in [0.25, 0.3) is 0 Å². The molecule has 2 fully saturated rings. The Morgan fingerprint density at radius 2 is 1.54 bits per heavy atom. The van der Waals surface area contributed by atoms with E-state index in [1.54, 1.807) is 18.2 Å². The molecule has 2 aromatic carbocycles. The number of allylic oxidation sites excluding steroid dienone is 2. The maximum absolute atomic E-state index is 13.8. The highest BCUT2D eigenvalue weighted by Gasteiger charge is 2.47. The summed E-state index contributed by atoms with van der Waals surface area (Å²) in [7, 11) is 0. The number of halogens is 7. The molecule has 0 N–H and O–H groups in total. The van der Waals surface area contributed by atoms with E-state index in [4.69, 9.17) is 4.74 Å². The Balaban J connectivity index is 1.45. The van der Waals surface area contributed by atoms with Gasteiger partial charge < -0.3 is 9.64 Å². The van der Waals surface area contributed by atoms with Crippen LogP contribution < -0.4 is 0 Å². The Kier molecular flexibility index (Phi) is 7.28. The molecule has 1 aliphatic heterocycles. The monoisotopic (exact) mass is 555 g/mol. The third-order valence-electron chi connectivity index (χ3n) is 8.25. The van der Waals surface area contributed by atoms with Crippen LogP contribution in [0, 0.1) is 17.7 Å². The summed E-state index contributed by atoms with van der Waals surface area (Å²) >= 11 is 0. The summed E-state index contributed by atoms with van der Waals surface area (Å²) in [6.07, 6.45) is -7.33. The minimum Gasteiger partial charge on any atom is -0.374 e. The van der Waals surface area contributed by atoms with Gasteiger partial charge in [0.15, 0.2) is 5.78 Å². The Morgan fingerprint density at radius 1 is 0.897 bits per heavy atom. The van der Waals surface area contributed by atoms with Gasteiger partial charge in [0.1, 0.15) is 5.82 Å². The molecular formula is C29H28F7NO2. The molecule has 0 bridgehead atoms. The van der Waals surface area contributed by atoms with Crippen LogP contribution in [0.15, 0.2) is 54.2 Å². The smallest absolute Gasteiger partial charge is 0.374 e. The maximum atomic E-state index is 13.8. The Morgan fingerprint density at radius 3 is 2.10 bits per heavy atom. The summed E-state index contributed by atoms with van der Waals surface area (Å²) in [4.78, 5) is 14.0. The van der Waals surface area contributed by atoms with Crippen molar-refractivity contribution in [2.75, 3.05) is 13.1 Å². The van der Waals surface area contributed by atoms with Crippen LogP contribution in [-0.2, 0) is 21.9 Å². The van der Waals surface area contributed by atoms with Gasteiger partial charge in [-0.2, -0.15) is 26.3 Å². The minimum absolute atomic E-state index is 0.0604. The molecule has 0 radical (unpaired) electrons. The molecule has 0 amide bonds. The SMILES string of the molecule is C[C@@H](O[C@H]1CC[C@@H]2CN(C3=CC(=O)CC3)CC2[C@@H]1c1ccc(F)cc1)c1cc(C(F)(F)F)cc(C(F)(F)F)c1. The summed E-state index contributed by atoms with van der Waals surface area (Å²) in [5.74, 6) is -0.252. The lowest BCUT2D eigenvalue weighted by Gasteiger charge is -2.41. The van der Waals surface area contributed by atoms with Crippen molar-refractivity contribution < 1.29 is 40.3 Å². The van der Waals surface area contributed by atoms with E-state index >= 15 is 0 Å². The molecule has 1 saturated carbocycles. The average Bonchev–Trinajstić information content (AvgIpc) is 3.49. The molecule has 2 aromatic rings. The standard InChI is InChI=1S/C29H28F7NO2/c1-16(19-10-20(28(31,32)33)12-21(11-19)29(34,35)36)39-26-9-4-18-14-37(23-7-8-24(38)13-23)15-25(18)27(26)17-2-5-22(30)6-3-17/h2-3,5-6,10-13,16,18,25-27H,4,7-9,14-15H2,1H3/t16-,18-,25?,26+,27+/m1/s1. The Labute approximate surface area is 221 Å². The van der Waals surface area contributed by atoms with Gasteiger partial charge in [0.05, 0.1) is 23.3 Å². The minimum atomic E-state index is -4.95. The quantitative estimate of drug-likeness (QED) is 0.355. The number of fused-ring (bicyclic) bond motifs is 1. The van der Waals surface area contributed by atoms with Gasteiger partial charge in [-0.3, -0.25) is 4.79 Å². The summed E-state index contributed by atoms with van der Waals surface area (Å²) in [6, 6.07) is 7.53. The molecule has 0 spiro atoms. The number of benzene rings is 2. The zero-order valence-electron chi connectivity index (χ0n) is 21.2. The normalized spacial score (nSPS) is 26.5. The molecule has 3 aliphatic rings. The second-order valence-electron chi connectivity index (χ2n) is 10.7. The molecule has 0 aromatic heterocycles. The van der Waals surface area contributed by atoms with Crippen LogP contribution in [0.4, 0.5) is 30.7 Å². The van der Waals surface area contributed by atoms with Gasteiger partial charge in [0, 0.05) is 37.2 Å². The molecule has 3 nitrogen and oxygen atoms in total. The fraction of sp³-hybridized carbons (Fsp3) is 0.483. The van der Waals surface area contributed by atoms with E-state index in [0.717, 1.165) is 24.2 Å². The molecule has 39 heavy (non-hydrogen) atoms. The predicted octanol–water partition coefficient (Wildman–Crippen LogP) is 7.68. The summed E-state index contributed by atoms with van der Waals surface area (Å²) < 4.78 is 101. The molecule has 1 saturated heterocycles. The first-order valence-electron chi connectivity index (χ1n) is 13.0. The number of ether oxygens (including phenoxy) is 1. The van der Waals surface area contributed by atoms with E-state index in [1.165, 1.54) is 19.1 Å². The zero-order chi connectivity index (χ0) is 28.1. The summed E-state index contributed by atoms with van der Waals surface area (Å²) in [5, 5.41) is 0. The first kappa shape index (κ1) is 27.7. The van der Waals surface area contributed by atoms with Crippen LogP contribution in [0.2, 0.25) is 0 Å². The zero-order valence-corrected chi connectivity index (χ0v) is 21.2. The first-order valence-corrected chi connectivity index (χ1v) is 13.0. The molecule has 5 atom stereocenters. The van der Waals surface area contributed by atoms with Crippen molar-refractivity contribution in [1.29, 1.82) is 0 Å². The Bertz CT molecular complexity index is 1220. The first-order chi connectivity index (χ1) is 18.3. The lowest BCUT2D eigenvalue weighted by Crippen LogP contribution is -2.38. The number of carbonyl (C=O) groups excluding carboxylic acids is 1. The number of carbonyl (C=O) groups is 1. The van der Waals surface area contributed by atoms with Gasteiger partial charge in [0.25, 0.3) is 0 Å². The number of nitrogens with zero attached hydrogens (tertiary/aromatic N) is 1. The third-order valence-corrected chi connectivity index (χ3v) is 8.25. The second-order valence-corrected chi connectivity index (χ2v) is 10.7. The van der Waals surface area contributed by atoms with E-state index in [1.807, 2.05) is 0 Å². The largest absolute Gasteiger partial charge is 0.416 e. The van der Waals surface area contributed by atoms with E-state index in [-0.39, 0.29) is 35.2 Å². The van der Waals surface area contributed by atoms with E-state index in [2.05, 4.69) is 4.90 Å². The predicted molar refractivity (Wildman–Crippen MR) is 129 cm³/mol. The van der Waals surface area contributed by atoms with Crippen molar-refractivity contribution in [3.05, 3.63) is 82.3 Å². The van der Waals surface area contributed by atoms with Gasteiger partial charge in [0.2, 0.25) is 0 Å². The molecule has 2 aliphatic carbocycles. The van der Waals surface area contributed by atoms with Gasteiger partial charge in [-0.25, -0.2) is 4.39 Å². The molecule has 210 valence electrons.